The molecule has 0 spiro atoms. The van der Waals surface area contributed by atoms with Crippen molar-refractivity contribution >= 4 is 0 Å². The topological polar surface area (TPSA) is 29.5 Å². The van der Waals surface area contributed by atoms with E-state index >= 15 is 0 Å². The molecule has 1 N–H and O–H groups in total. The Hall–Kier alpha value is -1.02. The van der Waals surface area contributed by atoms with Crippen molar-refractivity contribution in [3.05, 3.63) is 35.2 Å². The molecule has 0 aliphatic heterocycles. The van der Waals surface area contributed by atoms with Gasteiger partial charge in [-0.2, -0.15) is 0 Å². The average Bonchev–Trinajstić information content (AvgIpc) is 2.28. The quantitative estimate of drug-likeness (QED) is 0.804. The minimum absolute atomic E-state index is 0.0998. The first-order valence-corrected chi connectivity index (χ1v) is 5.42. The third-order valence-corrected chi connectivity index (χ3v) is 2.48. The van der Waals surface area contributed by atoms with Gasteiger partial charge in [0.2, 0.25) is 0 Å². The number of benzene rings is 1. The van der Waals surface area contributed by atoms with Crippen molar-refractivity contribution in [3.63, 3.8) is 0 Å². The highest BCUT2D eigenvalue weighted by Crippen LogP contribution is 2.27. The number of hydrogen-bond acceptors (Lipinski definition) is 2. The van der Waals surface area contributed by atoms with Gasteiger partial charge >= 0.3 is 0 Å². The summed E-state index contributed by atoms with van der Waals surface area (Å²) in [5, 5.41) is 9.15. The Labute approximate surface area is 91.9 Å². The van der Waals surface area contributed by atoms with Crippen molar-refractivity contribution < 1.29 is 9.84 Å². The summed E-state index contributed by atoms with van der Waals surface area (Å²) in [6.07, 6.45) is 0.919. The normalized spacial score (nSPS) is 10.7. The summed E-state index contributed by atoms with van der Waals surface area (Å²) < 4.78 is 5.57. The van der Waals surface area contributed by atoms with Gasteiger partial charge in [0.05, 0.1) is 13.2 Å². The standard InChI is InChI=1S/C13H19O2/c1-4-11-12(10(3)9-14)7-6-8-13(11)15-5-2/h6-8,14H,4-5,9H2,1-3H3. The van der Waals surface area contributed by atoms with Crippen LogP contribution in [0.3, 0.4) is 0 Å². The van der Waals surface area contributed by atoms with Crippen LogP contribution in [0.4, 0.5) is 0 Å². The molecule has 0 aliphatic carbocycles. The molecule has 0 fully saturated rings. The summed E-state index contributed by atoms with van der Waals surface area (Å²) in [6.45, 7) is 6.81. The maximum Gasteiger partial charge on any atom is 0.122 e. The van der Waals surface area contributed by atoms with E-state index in [1.807, 2.05) is 32.0 Å². The molecule has 0 heterocycles. The zero-order valence-electron chi connectivity index (χ0n) is 9.71. The maximum absolute atomic E-state index is 9.15. The van der Waals surface area contributed by atoms with Crippen LogP contribution < -0.4 is 4.74 Å². The summed E-state index contributed by atoms with van der Waals surface area (Å²) >= 11 is 0. The molecule has 0 atom stereocenters. The largest absolute Gasteiger partial charge is 0.494 e. The third kappa shape index (κ3) is 2.72. The average molecular weight is 207 g/mol. The second-order valence-electron chi connectivity index (χ2n) is 3.51. The fraction of sp³-hybridized carbons (Fsp3) is 0.462. The van der Waals surface area contributed by atoms with E-state index in [9.17, 15) is 0 Å². The van der Waals surface area contributed by atoms with Crippen LogP contribution in [0, 0.1) is 5.92 Å². The SMILES string of the molecule is CCOc1cccc([C](C)CO)c1CC. The van der Waals surface area contributed by atoms with Crippen molar-refractivity contribution in [2.45, 2.75) is 27.2 Å². The molecule has 1 aromatic carbocycles. The molecule has 1 rings (SSSR count). The first-order valence-electron chi connectivity index (χ1n) is 5.42. The molecular formula is C13H19O2. The second kappa shape index (κ2) is 5.76. The van der Waals surface area contributed by atoms with Gasteiger partial charge < -0.3 is 9.84 Å². The van der Waals surface area contributed by atoms with Crippen molar-refractivity contribution in [1.82, 2.24) is 0 Å². The van der Waals surface area contributed by atoms with Gasteiger partial charge in [-0.05, 0) is 30.5 Å². The van der Waals surface area contributed by atoms with Gasteiger partial charge in [0.1, 0.15) is 5.75 Å². The highest BCUT2D eigenvalue weighted by molar-refractivity contribution is 5.46. The van der Waals surface area contributed by atoms with E-state index in [1.54, 1.807) is 0 Å². The van der Waals surface area contributed by atoms with Gasteiger partial charge in [-0.3, -0.25) is 0 Å². The summed E-state index contributed by atoms with van der Waals surface area (Å²) in [5.74, 6) is 1.93. The highest BCUT2D eigenvalue weighted by Gasteiger charge is 2.12. The molecule has 0 unspecified atom stereocenters. The number of aliphatic hydroxyl groups is 1. The molecule has 2 heteroatoms. The molecule has 83 valence electrons. The van der Waals surface area contributed by atoms with Crippen LogP contribution in [0.25, 0.3) is 0 Å². The summed E-state index contributed by atoms with van der Waals surface area (Å²) in [5.41, 5.74) is 2.30. The Morgan fingerprint density at radius 1 is 1.33 bits per heavy atom. The van der Waals surface area contributed by atoms with E-state index in [0.29, 0.717) is 6.61 Å². The summed E-state index contributed by atoms with van der Waals surface area (Å²) in [6, 6.07) is 5.99. The first-order chi connectivity index (χ1) is 7.24. The molecule has 0 aromatic heterocycles. The number of aliphatic hydroxyl groups excluding tert-OH is 1. The fourth-order valence-electron chi connectivity index (χ4n) is 1.71. The predicted octanol–water partition coefficient (Wildman–Crippen LogP) is 2.58. The number of hydrogen-bond donors (Lipinski definition) is 1. The lowest BCUT2D eigenvalue weighted by atomic mass is 9.94. The van der Waals surface area contributed by atoms with Crippen LogP contribution in [-0.4, -0.2) is 18.3 Å². The fourth-order valence-corrected chi connectivity index (χ4v) is 1.71. The Morgan fingerprint density at radius 2 is 2.07 bits per heavy atom. The van der Waals surface area contributed by atoms with Crippen molar-refractivity contribution in [1.29, 1.82) is 0 Å². The molecule has 2 nitrogen and oxygen atoms in total. The van der Waals surface area contributed by atoms with E-state index in [1.165, 1.54) is 5.56 Å². The Kier molecular flexibility index (Phi) is 4.63. The van der Waals surface area contributed by atoms with E-state index in [2.05, 4.69) is 6.92 Å². The second-order valence-corrected chi connectivity index (χ2v) is 3.51. The number of rotatable bonds is 5. The van der Waals surface area contributed by atoms with Gasteiger partial charge in [-0.1, -0.05) is 26.0 Å². The molecular weight excluding hydrogens is 188 g/mol. The molecule has 0 saturated heterocycles. The van der Waals surface area contributed by atoms with Crippen LogP contribution in [0.1, 0.15) is 31.9 Å². The highest BCUT2D eigenvalue weighted by atomic mass is 16.5. The lowest BCUT2D eigenvalue weighted by Gasteiger charge is -2.16. The minimum atomic E-state index is 0.0998. The van der Waals surface area contributed by atoms with E-state index in [0.717, 1.165) is 23.7 Å². The zero-order chi connectivity index (χ0) is 11.3. The molecule has 0 amide bonds. The van der Waals surface area contributed by atoms with Crippen LogP contribution >= 0.6 is 0 Å². The van der Waals surface area contributed by atoms with E-state index in [-0.39, 0.29) is 6.61 Å². The molecule has 1 radical (unpaired) electrons. The smallest absolute Gasteiger partial charge is 0.122 e. The van der Waals surface area contributed by atoms with Gasteiger partial charge in [-0.25, -0.2) is 0 Å². The van der Waals surface area contributed by atoms with Gasteiger partial charge in [0.25, 0.3) is 0 Å². The molecule has 0 aliphatic rings. The molecule has 0 bridgehead atoms. The van der Waals surface area contributed by atoms with Crippen LogP contribution in [0.15, 0.2) is 18.2 Å². The minimum Gasteiger partial charge on any atom is -0.494 e. The Morgan fingerprint density at radius 3 is 2.60 bits per heavy atom. The van der Waals surface area contributed by atoms with Crippen LogP contribution in [0.5, 0.6) is 5.75 Å². The monoisotopic (exact) mass is 207 g/mol. The van der Waals surface area contributed by atoms with E-state index < -0.39 is 0 Å². The Balaban J connectivity index is 3.09. The zero-order valence-corrected chi connectivity index (χ0v) is 9.71. The van der Waals surface area contributed by atoms with Crippen molar-refractivity contribution in [3.8, 4) is 5.75 Å². The molecule has 0 saturated carbocycles. The first kappa shape index (κ1) is 12.1. The maximum atomic E-state index is 9.15. The van der Waals surface area contributed by atoms with Crippen molar-refractivity contribution in [2.24, 2.45) is 0 Å². The van der Waals surface area contributed by atoms with Crippen LogP contribution in [0.2, 0.25) is 0 Å². The molecule has 15 heavy (non-hydrogen) atoms. The summed E-state index contributed by atoms with van der Waals surface area (Å²) in [7, 11) is 0. The Bertz CT molecular complexity index is 307. The molecule has 1 aromatic rings. The van der Waals surface area contributed by atoms with E-state index in [4.69, 9.17) is 9.84 Å². The lowest BCUT2D eigenvalue weighted by Crippen LogP contribution is -2.06. The van der Waals surface area contributed by atoms with Crippen molar-refractivity contribution in [2.75, 3.05) is 13.2 Å². The van der Waals surface area contributed by atoms with Gasteiger partial charge in [0.15, 0.2) is 0 Å². The third-order valence-electron chi connectivity index (χ3n) is 2.48. The van der Waals surface area contributed by atoms with Gasteiger partial charge in [-0.15, -0.1) is 0 Å². The van der Waals surface area contributed by atoms with Crippen LogP contribution in [-0.2, 0) is 6.42 Å². The van der Waals surface area contributed by atoms with Gasteiger partial charge in [0, 0.05) is 5.92 Å². The summed E-state index contributed by atoms with van der Waals surface area (Å²) in [4.78, 5) is 0. The number of ether oxygens (including phenoxy) is 1. The lowest BCUT2D eigenvalue weighted by molar-refractivity contribution is 0.313. The predicted molar refractivity (Wildman–Crippen MR) is 62.1 cm³/mol.